The predicted octanol–water partition coefficient (Wildman–Crippen LogP) is -1.00. The van der Waals surface area contributed by atoms with Crippen LogP contribution in [0.15, 0.2) is 0 Å². The first-order valence-corrected chi connectivity index (χ1v) is 11.8. The van der Waals surface area contributed by atoms with E-state index >= 15 is 0 Å². The van der Waals surface area contributed by atoms with Gasteiger partial charge < -0.3 is 30.1 Å². The number of aliphatic carboxylic acids is 1. The van der Waals surface area contributed by atoms with Crippen molar-refractivity contribution in [3.05, 3.63) is 0 Å². The molecule has 36 heavy (non-hydrogen) atoms. The maximum atomic E-state index is 12.4. The van der Waals surface area contributed by atoms with Gasteiger partial charge in [-0.25, -0.2) is 4.79 Å². The lowest BCUT2D eigenvalue weighted by atomic mass is 9.80. The molecule has 1 aliphatic rings. The van der Waals surface area contributed by atoms with Gasteiger partial charge in [0.2, 0.25) is 29.5 Å². The summed E-state index contributed by atoms with van der Waals surface area (Å²) in [6, 6.07) is 0. The van der Waals surface area contributed by atoms with E-state index in [4.69, 9.17) is 14.6 Å². The van der Waals surface area contributed by atoms with Crippen LogP contribution >= 0.6 is 0 Å². The van der Waals surface area contributed by atoms with Crippen molar-refractivity contribution in [1.29, 1.82) is 0 Å². The van der Waals surface area contributed by atoms with Crippen molar-refractivity contribution in [1.82, 2.24) is 20.4 Å². The van der Waals surface area contributed by atoms with Gasteiger partial charge in [-0.1, -0.05) is 20.8 Å². The lowest BCUT2D eigenvalue weighted by Gasteiger charge is -2.24. The fourth-order valence-electron chi connectivity index (χ4n) is 3.34. The maximum absolute atomic E-state index is 12.4. The third kappa shape index (κ3) is 11.6. The van der Waals surface area contributed by atoms with Gasteiger partial charge in [0.05, 0.1) is 19.1 Å². The van der Waals surface area contributed by atoms with E-state index in [9.17, 15) is 28.8 Å². The van der Waals surface area contributed by atoms with E-state index in [0.717, 1.165) is 4.90 Å². The third-order valence-corrected chi connectivity index (χ3v) is 5.54. The van der Waals surface area contributed by atoms with Gasteiger partial charge in [0.15, 0.2) is 0 Å². The first-order chi connectivity index (χ1) is 16.8. The minimum Gasteiger partial charge on any atom is -0.480 e. The van der Waals surface area contributed by atoms with Crippen molar-refractivity contribution in [3.8, 4) is 0 Å². The molecule has 1 atom stereocenters. The highest BCUT2D eigenvalue weighted by atomic mass is 16.5. The minimum absolute atomic E-state index is 0.0133. The van der Waals surface area contributed by atoms with Gasteiger partial charge in [-0.2, -0.15) is 0 Å². The van der Waals surface area contributed by atoms with Crippen molar-refractivity contribution >= 4 is 35.5 Å². The summed E-state index contributed by atoms with van der Waals surface area (Å²) < 4.78 is 10.0. The van der Waals surface area contributed by atoms with Gasteiger partial charge in [0.25, 0.3) is 0 Å². The lowest BCUT2D eigenvalue weighted by Crippen LogP contribution is -2.38. The number of carbonyl (C=O) groups excluding carboxylic acids is 5. The van der Waals surface area contributed by atoms with Crippen LogP contribution in [0.4, 0.5) is 0 Å². The molecule has 0 aromatic rings. The van der Waals surface area contributed by atoms with E-state index in [0.29, 0.717) is 0 Å². The molecule has 1 rings (SSSR count). The Labute approximate surface area is 210 Å². The van der Waals surface area contributed by atoms with Gasteiger partial charge in [-0.15, -0.1) is 0 Å². The first kappa shape index (κ1) is 31.0. The molecule has 0 spiro atoms. The number of hydrogen-bond acceptors (Lipinski definition) is 8. The first-order valence-electron chi connectivity index (χ1n) is 11.8. The van der Waals surface area contributed by atoms with Crippen molar-refractivity contribution in [3.63, 3.8) is 0 Å². The number of hydrogen-bond donors (Lipinski definition) is 3. The van der Waals surface area contributed by atoms with Gasteiger partial charge in [-0.3, -0.25) is 28.9 Å². The average molecular weight is 515 g/mol. The molecule has 1 saturated heterocycles. The highest BCUT2D eigenvalue weighted by molar-refractivity contribution is 6.04. The van der Waals surface area contributed by atoms with Crippen LogP contribution in [0, 0.1) is 11.3 Å². The summed E-state index contributed by atoms with van der Waals surface area (Å²) in [6.07, 6.45) is 0.282. The van der Waals surface area contributed by atoms with Gasteiger partial charge in [-0.05, 0) is 5.41 Å². The molecule has 13 heteroatoms. The number of likely N-dealkylation sites (tertiary alicyclic amines) is 1. The van der Waals surface area contributed by atoms with Crippen LogP contribution < -0.4 is 10.6 Å². The Morgan fingerprint density at radius 1 is 1.00 bits per heavy atom. The number of nitrogens with one attached hydrogen (secondary N) is 2. The summed E-state index contributed by atoms with van der Waals surface area (Å²) in [7, 11) is 1.51. The molecule has 0 saturated carbocycles. The smallest absolute Gasteiger partial charge is 0.329 e. The molecule has 204 valence electrons. The average Bonchev–Trinajstić information content (AvgIpc) is 3.07. The van der Waals surface area contributed by atoms with Gasteiger partial charge in [0.1, 0.15) is 13.2 Å². The third-order valence-electron chi connectivity index (χ3n) is 5.54. The Morgan fingerprint density at radius 3 is 2.25 bits per heavy atom. The summed E-state index contributed by atoms with van der Waals surface area (Å²) in [5, 5.41) is 13.8. The summed E-state index contributed by atoms with van der Waals surface area (Å²) >= 11 is 0. The van der Waals surface area contributed by atoms with Crippen molar-refractivity contribution in [2.45, 2.75) is 40.0 Å². The standard InChI is InChI=1S/C23H38N4O9/c1-23(2,3)16-13-19(30)27(22(16)34)9-5-17(28)25-8-12-35-11-6-18(29)24-7-10-26(4)20(31)14-36-15-21(32)33/h16H,5-15H2,1-4H3,(H,24,29)(H,25,28)(H,32,33). The molecule has 1 heterocycles. The fourth-order valence-corrected chi connectivity index (χ4v) is 3.34. The number of likely N-dealkylation sites (N-methyl/N-ethyl adjacent to an activating group) is 1. The van der Waals surface area contributed by atoms with Crippen LogP contribution in [0.1, 0.15) is 40.0 Å². The molecule has 1 unspecified atom stereocenters. The molecule has 0 aromatic carbocycles. The van der Waals surface area contributed by atoms with E-state index in [-0.39, 0.29) is 100 Å². The van der Waals surface area contributed by atoms with E-state index in [1.807, 2.05) is 20.8 Å². The largest absolute Gasteiger partial charge is 0.480 e. The molecule has 0 aromatic heterocycles. The Hall–Kier alpha value is -3.06. The minimum atomic E-state index is -1.16. The van der Waals surface area contributed by atoms with Crippen LogP contribution in [-0.4, -0.2) is 110 Å². The number of carboxylic acid groups (broad SMARTS) is 1. The highest BCUT2D eigenvalue weighted by Gasteiger charge is 2.44. The zero-order chi connectivity index (χ0) is 27.3. The van der Waals surface area contributed by atoms with Crippen molar-refractivity contribution < 1.29 is 43.3 Å². The Bertz CT molecular complexity index is 810. The summed E-state index contributed by atoms with van der Waals surface area (Å²) in [5.74, 6) is -2.98. The number of carboxylic acids is 1. The second-order valence-corrected chi connectivity index (χ2v) is 9.52. The molecule has 1 aliphatic heterocycles. The number of nitrogens with zero attached hydrogens (tertiary/aromatic N) is 2. The number of rotatable bonds is 16. The molecular weight excluding hydrogens is 476 g/mol. The van der Waals surface area contributed by atoms with Crippen molar-refractivity contribution in [2.75, 3.05) is 59.7 Å². The molecule has 0 radical (unpaired) electrons. The maximum Gasteiger partial charge on any atom is 0.329 e. The van der Waals surface area contributed by atoms with Crippen LogP contribution in [0.5, 0.6) is 0 Å². The molecule has 1 fully saturated rings. The quantitative estimate of drug-likeness (QED) is 0.172. The molecule has 5 amide bonds. The van der Waals surface area contributed by atoms with Crippen LogP contribution in [0.2, 0.25) is 0 Å². The second-order valence-electron chi connectivity index (χ2n) is 9.52. The van der Waals surface area contributed by atoms with E-state index in [1.54, 1.807) is 0 Å². The Balaban J connectivity index is 2.08. The number of ether oxygens (including phenoxy) is 2. The van der Waals surface area contributed by atoms with E-state index < -0.39 is 18.5 Å². The summed E-state index contributed by atoms with van der Waals surface area (Å²) in [5.41, 5.74) is -0.312. The summed E-state index contributed by atoms with van der Waals surface area (Å²) in [4.78, 5) is 72.9. The molecule has 13 nitrogen and oxygen atoms in total. The van der Waals surface area contributed by atoms with Gasteiger partial charge >= 0.3 is 5.97 Å². The number of carbonyl (C=O) groups is 6. The van der Waals surface area contributed by atoms with Crippen molar-refractivity contribution in [2.24, 2.45) is 11.3 Å². The fraction of sp³-hybridized carbons (Fsp3) is 0.739. The van der Waals surface area contributed by atoms with E-state index in [2.05, 4.69) is 10.6 Å². The van der Waals surface area contributed by atoms with Gasteiger partial charge in [0, 0.05) is 52.5 Å². The zero-order valence-electron chi connectivity index (χ0n) is 21.5. The number of amides is 5. The monoisotopic (exact) mass is 514 g/mol. The topological polar surface area (TPSA) is 172 Å². The SMILES string of the molecule is CN(CCNC(=O)CCOCCNC(=O)CCN1C(=O)CC(C(C)(C)C)C1=O)C(=O)COCC(=O)O. The van der Waals surface area contributed by atoms with Crippen LogP contribution in [-0.2, 0) is 38.2 Å². The van der Waals surface area contributed by atoms with Crippen LogP contribution in [0.25, 0.3) is 0 Å². The zero-order valence-corrected chi connectivity index (χ0v) is 21.5. The molecule has 0 aliphatic carbocycles. The Kier molecular flexibility index (Phi) is 13.0. The molecule has 0 bridgehead atoms. The Morgan fingerprint density at radius 2 is 1.64 bits per heavy atom. The highest BCUT2D eigenvalue weighted by Crippen LogP contribution is 2.35. The number of imide groups is 1. The normalized spacial score (nSPS) is 15.7. The molecular formula is C23H38N4O9. The second kappa shape index (κ2) is 15.1. The summed E-state index contributed by atoms with van der Waals surface area (Å²) in [6.45, 7) is 5.89. The van der Waals surface area contributed by atoms with Crippen LogP contribution in [0.3, 0.4) is 0 Å². The predicted molar refractivity (Wildman–Crippen MR) is 126 cm³/mol. The van der Waals surface area contributed by atoms with E-state index in [1.165, 1.54) is 11.9 Å². The molecule has 3 N–H and O–H groups in total. The lowest BCUT2D eigenvalue weighted by molar-refractivity contribution is -0.146.